The SMILES string of the molecule is CCCN(C)c1snc(N)c1C. The third-order valence-electron chi connectivity index (χ3n) is 1.84. The maximum absolute atomic E-state index is 5.65. The number of hydrogen-bond donors (Lipinski definition) is 1. The van der Waals surface area contributed by atoms with Gasteiger partial charge in [0.2, 0.25) is 0 Å². The van der Waals surface area contributed by atoms with E-state index in [1.165, 1.54) is 16.5 Å². The van der Waals surface area contributed by atoms with Gasteiger partial charge in [0.15, 0.2) is 0 Å². The predicted molar refractivity (Wildman–Crippen MR) is 54.8 cm³/mol. The van der Waals surface area contributed by atoms with Gasteiger partial charge in [-0.15, -0.1) is 0 Å². The smallest absolute Gasteiger partial charge is 0.142 e. The van der Waals surface area contributed by atoms with Crippen molar-refractivity contribution in [3.63, 3.8) is 0 Å². The first-order valence-electron chi connectivity index (χ1n) is 4.09. The van der Waals surface area contributed by atoms with E-state index < -0.39 is 0 Å². The summed E-state index contributed by atoms with van der Waals surface area (Å²) < 4.78 is 4.10. The van der Waals surface area contributed by atoms with Crippen LogP contribution in [0.3, 0.4) is 0 Å². The minimum absolute atomic E-state index is 0.665. The summed E-state index contributed by atoms with van der Waals surface area (Å²) in [5.41, 5.74) is 6.75. The normalized spacial score (nSPS) is 10.2. The van der Waals surface area contributed by atoms with Gasteiger partial charge in [0, 0.05) is 19.2 Å². The molecule has 12 heavy (non-hydrogen) atoms. The maximum atomic E-state index is 5.65. The molecular formula is C8H15N3S. The monoisotopic (exact) mass is 185 g/mol. The lowest BCUT2D eigenvalue weighted by molar-refractivity contribution is 0.857. The highest BCUT2D eigenvalue weighted by Gasteiger charge is 2.09. The molecule has 2 N–H and O–H groups in total. The molecule has 0 aliphatic carbocycles. The number of nitrogens with zero attached hydrogens (tertiary/aromatic N) is 2. The molecule has 1 aromatic rings. The zero-order chi connectivity index (χ0) is 9.14. The average Bonchev–Trinajstić information content (AvgIpc) is 2.34. The number of rotatable bonds is 3. The fourth-order valence-corrected chi connectivity index (χ4v) is 1.93. The second-order valence-corrected chi connectivity index (χ2v) is 3.67. The molecule has 0 aromatic carbocycles. The first kappa shape index (κ1) is 9.32. The number of hydrogen-bond acceptors (Lipinski definition) is 4. The van der Waals surface area contributed by atoms with Gasteiger partial charge < -0.3 is 10.6 Å². The van der Waals surface area contributed by atoms with Crippen LogP contribution < -0.4 is 10.6 Å². The molecule has 0 fully saturated rings. The third kappa shape index (κ3) is 1.69. The van der Waals surface area contributed by atoms with Gasteiger partial charge in [-0.3, -0.25) is 0 Å². The highest BCUT2D eigenvalue weighted by molar-refractivity contribution is 7.10. The van der Waals surface area contributed by atoms with Crippen molar-refractivity contribution in [3.8, 4) is 0 Å². The van der Waals surface area contributed by atoms with Crippen LogP contribution in [-0.2, 0) is 0 Å². The quantitative estimate of drug-likeness (QED) is 0.781. The van der Waals surface area contributed by atoms with Crippen LogP contribution in [-0.4, -0.2) is 18.0 Å². The Hall–Kier alpha value is -0.770. The van der Waals surface area contributed by atoms with Crippen molar-refractivity contribution < 1.29 is 0 Å². The van der Waals surface area contributed by atoms with Gasteiger partial charge in [-0.25, -0.2) is 0 Å². The van der Waals surface area contributed by atoms with Gasteiger partial charge in [-0.1, -0.05) is 6.92 Å². The van der Waals surface area contributed by atoms with E-state index in [9.17, 15) is 0 Å². The summed E-state index contributed by atoms with van der Waals surface area (Å²) in [6.07, 6.45) is 1.15. The first-order valence-corrected chi connectivity index (χ1v) is 4.87. The molecule has 0 unspecified atom stereocenters. The predicted octanol–water partition coefficient (Wildman–Crippen LogP) is 1.88. The Morgan fingerprint density at radius 1 is 1.58 bits per heavy atom. The maximum Gasteiger partial charge on any atom is 0.142 e. The second-order valence-electron chi connectivity index (χ2n) is 2.92. The van der Waals surface area contributed by atoms with Crippen LogP contribution >= 0.6 is 11.5 Å². The fourth-order valence-electron chi connectivity index (χ4n) is 1.13. The van der Waals surface area contributed by atoms with Crippen LogP contribution in [0.4, 0.5) is 10.8 Å². The molecule has 0 saturated carbocycles. The van der Waals surface area contributed by atoms with Crippen molar-refractivity contribution in [2.45, 2.75) is 20.3 Å². The van der Waals surface area contributed by atoms with Crippen molar-refractivity contribution in [1.29, 1.82) is 0 Å². The van der Waals surface area contributed by atoms with Gasteiger partial charge in [0.1, 0.15) is 10.8 Å². The Labute approximate surface area is 77.4 Å². The molecule has 1 heterocycles. The van der Waals surface area contributed by atoms with E-state index in [0.29, 0.717) is 5.82 Å². The largest absolute Gasteiger partial charge is 0.383 e. The molecule has 0 amide bonds. The van der Waals surface area contributed by atoms with Gasteiger partial charge in [0.25, 0.3) is 0 Å². The van der Waals surface area contributed by atoms with Crippen LogP contribution in [0.15, 0.2) is 0 Å². The van der Waals surface area contributed by atoms with Crippen LogP contribution in [0.5, 0.6) is 0 Å². The van der Waals surface area contributed by atoms with Crippen molar-refractivity contribution in [3.05, 3.63) is 5.56 Å². The van der Waals surface area contributed by atoms with E-state index in [0.717, 1.165) is 18.5 Å². The molecule has 3 nitrogen and oxygen atoms in total. The van der Waals surface area contributed by atoms with Crippen molar-refractivity contribution in [2.75, 3.05) is 24.2 Å². The Morgan fingerprint density at radius 3 is 2.67 bits per heavy atom. The number of nitrogen functional groups attached to an aromatic ring is 1. The molecule has 0 aliphatic heterocycles. The average molecular weight is 185 g/mol. The summed E-state index contributed by atoms with van der Waals surface area (Å²) in [6.45, 7) is 5.24. The standard InChI is InChI=1S/C8H15N3S/c1-4-5-11(3)8-6(2)7(9)10-12-8/h4-5H2,1-3H3,(H2,9,10). The van der Waals surface area contributed by atoms with Gasteiger partial charge >= 0.3 is 0 Å². The van der Waals surface area contributed by atoms with Crippen LogP contribution in [0.1, 0.15) is 18.9 Å². The Balaban J connectivity index is 2.80. The lowest BCUT2D eigenvalue weighted by Crippen LogP contribution is -2.17. The third-order valence-corrected chi connectivity index (χ3v) is 2.92. The molecule has 68 valence electrons. The number of anilines is 2. The summed E-state index contributed by atoms with van der Waals surface area (Å²) in [7, 11) is 2.07. The Bertz CT molecular complexity index is 257. The van der Waals surface area contributed by atoms with Gasteiger partial charge in [-0.2, -0.15) is 4.37 Å². The lowest BCUT2D eigenvalue weighted by atomic mass is 10.3. The Morgan fingerprint density at radius 2 is 2.25 bits per heavy atom. The van der Waals surface area contributed by atoms with E-state index >= 15 is 0 Å². The van der Waals surface area contributed by atoms with Crippen molar-refractivity contribution >= 4 is 22.4 Å². The molecule has 0 bridgehead atoms. The summed E-state index contributed by atoms with van der Waals surface area (Å²) in [6, 6.07) is 0. The van der Waals surface area contributed by atoms with Gasteiger partial charge in [-0.05, 0) is 24.9 Å². The molecule has 0 saturated heterocycles. The van der Waals surface area contributed by atoms with E-state index in [2.05, 4.69) is 23.2 Å². The van der Waals surface area contributed by atoms with Crippen LogP contribution in [0, 0.1) is 6.92 Å². The van der Waals surface area contributed by atoms with E-state index in [1.807, 2.05) is 6.92 Å². The fraction of sp³-hybridized carbons (Fsp3) is 0.625. The number of aromatic nitrogens is 1. The molecular weight excluding hydrogens is 170 g/mol. The van der Waals surface area contributed by atoms with Crippen molar-refractivity contribution in [1.82, 2.24) is 4.37 Å². The molecule has 4 heteroatoms. The van der Waals surface area contributed by atoms with Crippen LogP contribution in [0.25, 0.3) is 0 Å². The lowest BCUT2D eigenvalue weighted by Gasteiger charge is -2.15. The van der Waals surface area contributed by atoms with E-state index in [1.54, 1.807) is 0 Å². The molecule has 1 aromatic heterocycles. The Kier molecular flexibility index (Phi) is 2.92. The molecule has 0 atom stereocenters. The summed E-state index contributed by atoms with van der Waals surface area (Å²) in [5, 5.41) is 1.19. The van der Waals surface area contributed by atoms with Crippen molar-refractivity contribution in [2.24, 2.45) is 0 Å². The molecule has 0 aliphatic rings. The highest BCUT2D eigenvalue weighted by atomic mass is 32.1. The highest BCUT2D eigenvalue weighted by Crippen LogP contribution is 2.28. The minimum Gasteiger partial charge on any atom is -0.383 e. The topological polar surface area (TPSA) is 42.2 Å². The van der Waals surface area contributed by atoms with E-state index in [4.69, 9.17) is 5.73 Å². The van der Waals surface area contributed by atoms with E-state index in [-0.39, 0.29) is 0 Å². The summed E-state index contributed by atoms with van der Waals surface area (Å²) in [4.78, 5) is 2.20. The van der Waals surface area contributed by atoms with Gasteiger partial charge in [0.05, 0.1) is 0 Å². The summed E-state index contributed by atoms with van der Waals surface area (Å²) in [5.74, 6) is 0.665. The second kappa shape index (κ2) is 3.76. The molecule has 1 rings (SSSR count). The zero-order valence-electron chi connectivity index (χ0n) is 7.79. The number of nitrogens with two attached hydrogens (primary N) is 1. The minimum atomic E-state index is 0.665. The zero-order valence-corrected chi connectivity index (χ0v) is 8.61. The van der Waals surface area contributed by atoms with Crippen LogP contribution in [0.2, 0.25) is 0 Å². The summed E-state index contributed by atoms with van der Waals surface area (Å²) >= 11 is 1.48. The first-order chi connectivity index (χ1) is 5.66. The molecule has 0 radical (unpaired) electrons. The molecule has 0 spiro atoms.